The van der Waals surface area contributed by atoms with E-state index in [2.05, 4.69) is 0 Å². The third-order valence-electron chi connectivity index (χ3n) is 8.22. The van der Waals surface area contributed by atoms with Gasteiger partial charge in [-0.3, -0.25) is 14.4 Å². The first kappa shape index (κ1) is 21.5. The van der Waals surface area contributed by atoms with Gasteiger partial charge in [0.2, 0.25) is 11.8 Å². The Morgan fingerprint density at radius 2 is 1.17 bits per heavy atom. The molecule has 3 aromatic rings. The Balaban J connectivity index is 1.60. The van der Waals surface area contributed by atoms with Gasteiger partial charge in [-0.05, 0) is 48.3 Å². The number of imide groups is 1. The van der Waals surface area contributed by atoms with Gasteiger partial charge < -0.3 is 4.74 Å². The lowest BCUT2D eigenvalue weighted by atomic mass is 9.63. The van der Waals surface area contributed by atoms with Crippen LogP contribution in [-0.4, -0.2) is 24.7 Å². The molecule has 0 aromatic heterocycles. The molecule has 3 aliphatic rings. The fourth-order valence-corrected chi connectivity index (χ4v) is 6.81. The predicted molar refractivity (Wildman–Crippen MR) is 133 cm³/mol. The van der Waals surface area contributed by atoms with Crippen molar-refractivity contribution in [3.63, 3.8) is 0 Å². The van der Waals surface area contributed by atoms with Gasteiger partial charge in [0.1, 0.15) is 5.75 Å². The molecule has 4 atom stereocenters. The molecule has 1 saturated carbocycles. The molecule has 2 aliphatic carbocycles. The van der Waals surface area contributed by atoms with E-state index in [4.69, 9.17) is 4.74 Å². The zero-order chi connectivity index (χ0) is 24.5. The van der Waals surface area contributed by atoms with E-state index >= 15 is 0 Å². The monoisotopic (exact) mass is 463 g/mol. The maximum atomic E-state index is 14.2. The molecule has 3 aromatic carbocycles. The number of carbonyl (C=O) groups excluding carboxylic acids is 3. The van der Waals surface area contributed by atoms with Gasteiger partial charge in [0.25, 0.3) is 0 Å². The Morgan fingerprint density at radius 1 is 0.686 bits per heavy atom. The number of carbonyl (C=O) groups is 3. The van der Waals surface area contributed by atoms with Crippen molar-refractivity contribution >= 4 is 34.4 Å². The van der Waals surface area contributed by atoms with Crippen molar-refractivity contribution in [1.82, 2.24) is 0 Å². The number of hydrogen-bond acceptors (Lipinski definition) is 4. The highest BCUT2D eigenvalue weighted by atomic mass is 16.5. The first-order chi connectivity index (χ1) is 16.8. The maximum Gasteiger partial charge on any atom is 0.239 e. The minimum absolute atomic E-state index is 0.0512. The fraction of sp³-hybridized carbons (Fsp3) is 0.233. The summed E-state index contributed by atoms with van der Waals surface area (Å²) in [5.74, 6) is -1.67. The number of Topliss-reactive ketones (excluding diaryl/α,β-unsaturated/α-hetero) is 1. The maximum absolute atomic E-state index is 14.2. The van der Waals surface area contributed by atoms with Crippen LogP contribution in [0.5, 0.6) is 5.75 Å². The van der Waals surface area contributed by atoms with Gasteiger partial charge in [0.05, 0.1) is 35.5 Å². The van der Waals surface area contributed by atoms with E-state index in [0.29, 0.717) is 11.4 Å². The SMILES string of the molecule is COc1cccc(N2C(=O)[C@@H]3[C@@H](C2=O)[C@@]2(C)C(=O)[C@@]3(C)C(c3ccccc3)=C2c2ccccc2)c1. The molecule has 6 rings (SSSR count). The summed E-state index contributed by atoms with van der Waals surface area (Å²) in [6, 6.07) is 26.5. The van der Waals surface area contributed by atoms with E-state index in [1.807, 2.05) is 74.5 Å². The average molecular weight is 464 g/mol. The number of fused-ring (bicyclic) bond motifs is 5. The minimum atomic E-state index is -1.12. The lowest BCUT2D eigenvalue weighted by molar-refractivity contribution is -0.133. The number of allylic oxidation sites excluding steroid dienone is 2. The van der Waals surface area contributed by atoms with Crippen molar-refractivity contribution in [2.75, 3.05) is 12.0 Å². The molecule has 35 heavy (non-hydrogen) atoms. The van der Waals surface area contributed by atoms with Gasteiger partial charge in [-0.25, -0.2) is 4.90 Å². The molecule has 0 unspecified atom stereocenters. The molecule has 0 N–H and O–H groups in total. The molecule has 1 aliphatic heterocycles. The highest BCUT2D eigenvalue weighted by molar-refractivity contribution is 6.34. The molecule has 5 heteroatoms. The molecule has 1 heterocycles. The zero-order valence-corrected chi connectivity index (χ0v) is 19.8. The molecule has 0 spiro atoms. The average Bonchev–Trinajstić information content (AvgIpc) is 3.34. The third-order valence-corrected chi connectivity index (χ3v) is 8.22. The van der Waals surface area contributed by atoms with Gasteiger partial charge >= 0.3 is 0 Å². The van der Waals surface area contributed by atoms with Crippen molar-refractivity contribution in [3.05, 3.63) is 96.1 Å². The third kappa shape index (κ3) is 2.55. The van der Waals surface area contributed by atoms with Crippen LogP contribution < -0.4 is 9.64 Å². The summed E-state index contributed by atoms with van der Waals surface area (Å²) in [6.07, 6.45) is 0. The summed E-state index contributed by atoms with van der Waals surface area (Å²) in [6.45, 7) is 3.72. The molecule has 2 amide bonds. The molecule has 2 bridgehead atoms. The van der Waals surface area contributed by atoms with Crippen LogP contribution in [0.2, 0.25) is 0 Å². The first-order valence-corrected chi connectivity index (χ1v) is 11.8. The second-order valence-corrected chi connectivity index (χ2v) is 9.88. The molecular weight excluding hydrogens is 438 g/mol. The minimum Gasteiger partial charge on any atom is -0.497 e. The Labute approximate surface area is 204 Å². The highest BCUT2D eigenvalue weighted by Crippen LogP contribution is 2.73. The van der Waals surface area contributed by atoms with Gasteiger partial charge in [-0.1, -0.05) is 66.7 Å². The number of methoxy groups -OCH3 is 1. The van der Waals surface area contributed by atoms with Crippen LogP contribution in [0.3, 0.4) is 0 Å². The van der Waals surface area contributed by atoms with Crippen molar-refractivity contribution in [1.29, 1.82) is 0 Å². The first-order valence-electron chi connectivity index (χ1n) is 11.8. The zero-order valence-electron chi connectivity index (χ0n) is 19.8. The highest BCUT2D eigenvalue weighted by Gasteiger charge is 2.78. The van der Waals surface area contributed by atoms with Crippen LogP contribution >= 0.6 is 0 Å². The Bertz CT molecular complexity index is 1340. The van der Waals surface area contributed by atoms with E-state index in [-0.39, 0.29) is 17.6 Å². The van der Waals surface area contributed by atoms with Crippen molar-refractivity contribution in [2.45, 2.75) is 13.8 Å². The van der Waals surface area contributed by atoms with Crippen molar-refractivity contribution in [2.24, 2.45) is 22.7 Å². The second kappa shape index (κ2) is 7.25. The Kier molecular flexibility index (Phi) is 4.46. The van der Waals surface area contributed by atoms with Crippen molar-refractivity contribution in [3.8, 4) is 5.75 Å². The summed E-state index contributed by atoms with van der Waals surface area (Å²) < 4.78 is 5.33. The molecule has 1 saturated heterocycles. The number of nitrogens with zero attached hydrogens (tertiary/aromatic N) is 1. The van der Waals surface area contributed by atoms with Crippen LogP contribution in [0.15, 0.2) is 84.9 Å². The molecule has 2 fully saturated rings. The lowest BCUT2D eigenvalue weighted by Crippen LogP contribution is -2.40. The summed E-state index contributed by atoms with van der Waals surface area (Å²) in [5, 5.41) is 0. The van der Waals surface area contributed by atoms with Crippen LogP contribution in [-0.2, 0) is 14.4 Å². The number of amides is 2. The van der Waals surface area contributed by atoms with Gasteiger partial charge in [-0.2, -0.15) is 0 Å². The number of benzene rings is 3. The largest absolute Gasteiger partial charge is 0.497 e. The van der Waals surface area contributed by atoms with E-state index in [1.165, 1.54) is 4.90 Å². The summed E-state index contributed by atoms with van der Waals surface area (Å²) >= 11 is 0. The van der Waals surface area contributed by atoms with Crippen LogP contribution in [0, 0.1) is 22.7 Å². The quantitative estimate of drug-likeness (QED) is 0.510. The van der Waals surface area contributed by atoms with E-state index < -0.39 is 22.7 Å². The molecule has 0 radical (unpaired) electrons. The number of anilines is 1. The van der Waals surface area contributed by atoms with Gasteiger partial charge in [0, 0.05) is 6.07 Å². The van der Waals surface area contributed by atoms with Crippen LogP contribution in [0.4, 0.5) is 5.69 Å². The molecular formula is C30H25NO4. The lowest BCUT2D eigenvalue weighted by Gasteiger charge is -2.35. The van der Waals surface area contributed by atoms with Crippen LogP contribution in [0.25, 0.3) is 11.1 Å². The Morgan fingerprint density at radius 3 is 1.63 bits per heavy atom. The summed E-state index contributed by atoms with van der Waals surface area (Å²) in [4.78, 5) is 43.5. The number of ether oxygens (including phenoxy) is 1. The second-order valence-electron chi connectivity index (χ2n) is 9.88. The number of ketones is 1. The predicted octanol–water partition coefficient (Wildman–Crippen LogP) is 5.02. The van der Waals surface area contributed by atoms with Gasteiger partial charge in [0.15, 0.2) is 5.78 Å². The molecule has 5 nitrogen and oxygen atoms in total. The molecule has 174 valence electrons. The van der Waals surface area contributed by atoms with Crippen molar-refractivity contribution < 1.29 is 19.1 Å². The van der Waals surface area contributed by atoms with Gasteiger partial charge in [-0.15, -0.1) is 0 Å². The standard InChI is InChI=1S/C30H25NO4/c1-29-22(18-11-6-4-7-12-18)23(19-13-8-5-9-14-19)30(2,28(29)34)25-24(29)26(32)31(27(25)33)20-15-10-16-21(17-20)35-3/h4-17,24-25H,1-3H3/t24-,25-,29-,30-/m0/s1. The summed E-state index contributed by atoms with van der Waals surface area (Å²) in [5.41, 5.74) is 1.75. The topological polar surface area (TPSA) is 63.7 Å². The fourth-order valence-electron chi connectivity index (χ4n) is 6.81. The Hall–Kier alpha value is -3.99. The summed E-state index contributed by atoms with van der Waals surface area (Å²) in [7, 11) is 1.55. The smallest absolute Gasteiger partial charge is 0.239 e. The van der Waals surface area contributed by atoms with E-state index in [1.54, 1.807) is 31.4 Å². The van der Waals surface area contributed by atoms with E-state index in [0.717, 1.165) is 22.3 Å². The number of hydrogen-bond donors (Lipinski definition) is 0. The number of rotatable bonds is 4. The van der Waals surface area contributed by atoms with E-state index in [9.17, 15) is 14.4 Å². The normalized spacial score (nSPS) is 29.2. The van der Waals surface area contributed by atoms with Crippen LogP contribution in [0.1, 0.15) is 25.0 Å².